The smallest absolute Gasteiger partial charge is 0.297 e. The summed E-state index contributed by atoms with van der Waals surface area (Å²) in [6.07, 6.45) is 3.20. The number of ether oxygens (including phenoxy) is 2. The largest absolute Gasteiger partial charge is 0.486 e. The average Bonchev–Trinajstić information content (AvgIpc) is 3.46. The maximum absolute atomic E-state index is 13.2. The molecular formula is C24H21N3O5. The lowest BCUT2D eigenvalue weighted by molar-refractivity contribution is -0.132. The second kappa shape index (κ2) is 7.40. The highest BCUT2D eigenvalue weighted by Crippen LogP contribution is 2.38. The lowest BCUT2D eigenvalue weighted by atomic mass is 10.0. The van der Waals surface area contributed by atoms with Gasteiger partial charge in [-0.15, -0.1) is 0 Å². The molecule has 0 spiro atoms. The minimum Gasteiger partial charge on any atom is -0.486 e. The first-order valence-electron chi connectivity index (χ1n) is 10.7. The first-order chi connectivity index (χ1) is 15.7. The molecule has 0 bridgehead atoms. The van der Waals surface area contributed by atoms with Gasteiger partial charge in [-0.25, -0.2) is 4.98 Å². The van der Waals surface area contributed by atoms with Crippen molar-refractivity contribution in [2.75, 3.05) is 19.8 Å². The fourth-order valence-electron chi connectivity index (χ4n) is 4.64. The molecule has 4 aromatic rings. The Bertz CT molecular complexity index is 1410. The van der Waals surface area contributed by atoms with Crippen molar-refractivity contribution in [3.8, 4) is 11.5 Å². The van der Waals surface area contributed by atoms with E-state index < -0.39 is 0 Å². The number of aromatic nitrogens is 2. The van der Waals surface area contributed by atoms with Gasteiger partial charge in [0.15, 0.2) is 11.5 Å². The third-order valence-electron chi connectivity index (χ3n) is 6.18. The molecule has 1 unspecified atom stereocenters. The number of carbonyl (C=O) groups excluding carboxylic acids is 1. The van der Waals surface area contributed by atoms with E-state index in [9.17, 15) is 9.59 Å². The van der Waals surface area contributed by atoms with Crippen LogP contribution in [0.1, 0.15) is 24.4 Å². The van der Waals surface area contributed by atoms with E-state index >= 15 is 0 Å². The average molecular weight is 431 g/mol. The second-order valence-electron chi connectivity index (χ2n) is 8.10. The Labute approximate surface area is 183 Å². The standard InChI is InChI=1S/C24H21N3O5/c28-21(13-26-14-25-22-16-4-1-2-6-18(16)32-23(22)24(26)29)27-9-3-5-17(27)15-7-8-19-20(12-15)31-11-10-30-19/h1-2,4,6-8,12,14,17H,3,5,9-11,13H2. The van der Waals surface area contributed by atoms with Gasteiger partial charge in [-0.05, 0) is 42.7 Å². The topological polar surface area (TPSA) is 86.8 Å². The van der Waals surface area contributed by atoms with Crippen molar-refractivity contribution in [3.63, 3.8) is 0 Å². The predicted molar refractivity (Wildman–Crippen MR) is 117 cm³/mol. The van der Waals surface area contributed by atoms with Crippen LogP contribution in [0.5, 0.6) is 11.5 Å². The van der Waals surface area contributed by atoms with E-state index in [-0.39, 0.29) is 29.6 Å². The number of amides is 1. The van der Waals surface area contributed by atoms with Crippen LogP contribution in [0, 0.1) is 0 Å². The second-order valence-corrected chi connectivity index (χ2v) is 8.10. The summed E-state index contributed by atoms with van der Waals surface area (Å²) < 4.78 is 18.4. The number of hydrogen-bond acceptors (Lipinski definition) is 6. The van der Waals surface area contributed by atoms with Crippen molar-refractivity contribution in [2.24, 2.45) is 0 Å². The normalized spacial score (nSPS) is 17.9. The van der Waals surface area contributed by atoms with Crippen LogP contribution in [0.4, 0.5) is 0 Å². The van der Waals surface area contributed by atoms with Crippen LogP contribution < -0.4 is 15.0 Å². The first-order valence-corrected chi connectivity index (χ1v) is 10.7. The van der Waals surface area contributed by atoms with Gasteiger partial charge in [-0.3, -0.25) is 14.2 Å². The highest BCUT2D eigenvalue weighted by Gasteiger charge is 2.31. The molecule has 1 amide bonds. The van der Waals surface area contributed by atoms with Gasteiger partial charge in [-0.2, -0.15) is 0 Å². The van der Waals surface area contributed by atoms with Gasteiger partial charge in [-0.1, -0.05) is 18.2 Å². The quantitative estimate of drug-likeness (QED) is 0.495. The number of furan rings is 1. The molecule has 0 saturated carbocycles. The van der Waals surface area contributed by atoms with Gasteiger partial charge in [0.2, 0.25) is 11.5 Å². The number of rotatable bonds is 3. The van der Waals surface area contributed by atoms with Gasteiger partial charge in [0.1, 0.15) is 30.9 Å². The number of nitrogens with zero attached hydrogens (tertiary/aromatic N) is 3. The molecule has 0 radical (unpaired) electrons. The van der Waals surface area contributed by atoms with Crippen molar-refractivity contribution in [1.29, 1.82) is 0 Å². The van der Waals surface area contributed by atoms with Gasteiger partial charge >= 0.3 is 0 Å². The molecule has 8 nitrogen and oxygen atoms in total. The summed E-state index contributed by atoms with van der Waals surface area (Å²) in [7, 11) is 0. The number of benzene rings is 2. The molecule has 2 aromatic carbocycles. The van der Waals surface area contributed by atoms with Crippen molar-refractivity contribution in [2.45, 2.75) is 25.4 Å². The zero-order valence-corrected chi connectivity index (χ0v) is 17.3. The van der Waals surface area contributed by atoms with Gasteiger partial charge in [0.05, 0.1) is 12.4 Å². The third-order valence-corrected chi connectivity index (χ3v) is 6.18. The van der Waals surface area contributed by atoms with E-state index in [1.165, 1.54) is 10.9 Å². The third kappa shape index (κ3) is 3.02. The number of fused-ring (bicyclic) bond motifs is 4. The number of carbonyl (C=O) groups is 1. The lowest BCUT2D eigenvalue weighted by Crippen LogP contribution is -2.36. The number of para-hydroxylation sites is 1. The zero-order chi connectivity index (χ0) is 21.7. The maximum Gasteiger partial charge on any atom is 0.297 e. The molecule has 2 aliphatic rings. The monoisotopic (exact) mass is 431 g/mol. The molecule has 1 atom stereocenters. The molecule has 8 heteroatoms. The molecule has 6 rings (SSSR count). The molecule has 1 saturated heterocycles. The Morgan fingerprint density at radius 3 is 2.84 bits per heavy atom. The Hall–Kier alpha value is -3.81. The summed E-state index contributed by atoms with van der Waals surface area (Å²) in [5.74, 6) is 1.32. The van der Waals surface area contributed by atoms with Crippen molar-refractivity contribution >= 4 is 28.0 Å². The Balaban J connectivity index is 1.28. The maximum atomic E-state index is 13.2. The highest BCUT2D eigenvalue weighted by molar-refractivity contribution is 6.01. The van der Waals surface area contributed by atoms with E-state index in [0.717, 1.165) is 29.5 Å². The van der Waals surface area contributed by atoms with E-state index in [1.807, 2.05) is 41.3 Å². The molecule has 0 aliphatic carbocycles. The Morgan fingerprint density at radius 2 is 1.94 bits per heavy atom. The fraction of sp³-hybridized carbons (Fsp3) is 0.292. The van der Waals surface area contributed by atoms with Crippen molar-refractivity contribution < 1.29 is 18.7 Å². The van der Waals surface area contributed by atoms with Crippen molar-refractivity contribution in [1.82, 2.24) is 14.5 Å². The lowest BCUT2D eigenvalue weighted by Gasteiger charge is -2.27. The molecule has 4 heterocycles. The summed E-state index contributed by atoms with van der Waals surface area (Å²) in [6.45, 7) is 1.62. The zero-order valence-electron chi connectivity index (χ0n) is 17.3. The molecule has 0 N–H and O–H groups in total. The highest BCUT2D eigenvalue weighted by atomic mass is 16.6. The summed E-state index contributed by atoms with van der Waals surface area (Å²) in [6, 6.07) is 13.2. The minimum absolute atomic E-state index is 0.0584. The molecular weight excluding hydrogens is 410 g/mol. The first kappa shape index (κ1) is 18.9. The van der Waals surface area contributed by atoms with Crippen LogP contribution in [0.2, 0.25) is 0 Å². The van der Waals surface area contributed by atoms with Gasteiger partial charge in [0.25, 0.3) is 5.56 Å². The summed E-state index contributed by atoms with van der Waals surface area (Å²) >= 11 is 0. The van der Waals surface area contributed by atoms with Crippen LogP contribution in [-0.4, -0.2) is 40.1 Å². The summed E-state index contributed by atoms with van der Waals surface area (Å²) in [5.41, 5.74) is 1.96. The molecule has 32 heavy (non-hydrogen) atoms. The molecule has 2 aliphatic heterocycles. The van der Waals surface area contributed by atoms with Crippen LogP contribution in [0.25, 0.3) is 22.1 Å². The summed E-state index contributed by atoms with van der Waals surface area (Å²) in [4.78, 5) is 32.4. The van der Waals surface area contributed by atoms with Crippen molar-refractivity contribution in [3.05, 3.63) is 64.7 Å². The minimum atomic E-state index is -0.352. The summed E-state index contributed by atoms with van der Waals surface area (Å²) in [5, 5.41) is 0.788. The van der Waals surface area contributed by atoms with E-state index in [2.05, 4.69) is 4.98 Å². The molecule has 2 aromatic heterocycles. The molecule has 162 valence electrons. The van der Waals surface area contributed by atoms with Crippen LogP contribution in [-0.2, 0) is 11.3 Å². The van der Waals surface area contributed by atoms with Crippen LogP contribution >= 0.6 is 0 Å². The van der Waals surface area contributed by atoms with Crippen LogP contribution in [0.15, 0.2) is 58.0 Å². The molecule has 1 fully saturated rings. The van der Waals surface area contributed by atoms with Gasteiger partial charge < -0.3 is 18.8 Å². The number of hydrogen-bond donors (Lipinski definition) is 0. The van der Waals surface area contributed by atoms with Gasteiger partial charge in [0, 0.05) is 11.9 Å². The van der Waals surface area contributed by atoms with Crippen LogP contribution in [0.3, 0.4) is 0 Å². The van der Waals surface area contributed by atoms with E-state index in [4.69, 9.17) is 13.9 Å². The number of likely N-dealkylation sites (tertiary alicyclic amines) is 1. The fourth-order valence-corrected chi connectivity index (χ4v) is 4.64. The predicted octanol–water partition coefficient (Wildman–Crippen LogP) is 3.28. The van der Waals surface area contributed by atoms with E-state index in [0.29, 0.717) is 36.6 Å². The van der Waals surface area contributed by atoms with E-state index in [1.54, 1.807) is 6.07 Å². The Kier molecular flexibility index (Phi) is 4.38. The Morgan fingerprint density at radius 1 is 1.09 bits per heavy atom. The SMILES string of the molecule is O=C(Cn1cnc2c(oc3ccccc32)c1=O)N1CCCC1c1ccc2c(c1)OCCO2.